The molecule has 0 unspecified atom stereocenters. The number of unbranched alkanes of at least 4 members (excludes halogenated alkanes) is 8. The van der Waals surface area contributed by atoms with E-state index in [-0.39, 0.29) is 30.8 Å². The molecule has 0 amide bonds. The van der Waals surface area contributed by atoms with Gasteiger partial charge >= 0.3 is 11.6 Å². The highest BCUT2D eigenvalue weighted by atomic mass is 16.6. The largest absolute Gasteiger partial charge is 0.487 e. The van der Waals surface area contributed by atoms with Crippen molar-refractivity contribution in [3.63, 3.8) is 0 Å². The number of esters is 1. The number of Topliss-reactive ketones (excluding diaryl/α,β-unsaturated/α-hetero) is 1. The lowest BCUT2D eigenvalue weighted by Crippen LogP contribution is -2.20. The molecule has 10 heteroatoms. The van der Waals surface area contributed by atoms with E-state index in [0.717, 1.165) is 19.3 Å². The quantitative estimate of drug-likeness (QED) is 0.135. The number of carbonyl (C=O) groups excluding carboxylic acids is 2. The first-order valence-corrected chi connectivity index (χ1v) is 14.9. The van der Waals surface area contributed by atoms with Gasteiger partial charge in [-0.05, 0) is 18.6 Å². The predicted molar refractivity (Wildman–Crippen MR) is 153 cm³/mol. The Morgan fingerprint density at radius 2 is 1.24 bits per heavy atom. The minimum Gasteiger partial charge on any atom is -0.487 e. The van der Waals surface area contributed by atoms with Crippen LogP contribution in [0.3, 0.4) is 0 Å². The molecule has 0 aliphatic carbocycles. The van der Waals surface area contributed by atoms with Crippen molar-refractivity contribution < 1.29 is 42.4 Å². The molecule has 0 saturated carbocycles. The van der Waals surface area contributed by atoms with Gasteiger partial charge < -0.3 is 32.8 Å². The molecule has 10 nitrogen and oxygen atoms in total. The molecule has 1 aliphatic heterocycles. The fourth-order valence-electron chi connectivity index (χ4n) is 4.39. The first kappa shape index (κ1) is 32.6. The summed E-state index contributed by atoms with van der Waals surface area (Å²) in [6.07, 6.45) is 10.5. The van der Waals surface area contributed by atoms with Gasteiger partial charge in [-0.2, -0.15) is 0 Å². The average molecular weight is 577 g/mol. The summed E-state index contributed by atoms with van der Waals surface area (Å²) in [6.45, 7) is 4.68. The second-order valence-corrected chi connectivity index (χ2v) is 9.98. The molecular formula is C31H44O10. The van der Waals surface area contributed by atoms with Crippen LogP contribution in [0.5, 0.6) is 11.5 Å². The smallest absolute Gasteiger partial charge is 0.347 e. The fraction of sp³-hybridized carbons (Fsp3) is 0.645. The highest BCUT2D eigenvalue weighted by molar-refractivity contribution is 6.00. The monoisotopic (exact) mass is 576 g/mol. The van der Waals surface area contributed by atoms with Gasteiger partial charge in [0.15, 0.2) is 18.1 Å². The van der Waals surface area contributed by atoms with E-state index in [1.54, 1.807) is 12.1 Å². The number of ketones is 1. The highest BCUT2D eigenvalue weighted by Gasteiger charge is 2.18. The summed E-state index contributed by atoms with van der Waals surface area (Å²) in [4.78, 5) is 37.5. The molecule has 0 fully saturated rings. The van der Waals surface area contributed by atoms with E-state index in [2.05, 4.69) is 6.92 Å². The Kier molecular flexibility index (Phi) is 15.3. The Labute approximate surface area is 241 Å². The van der Waals surface area contributed by atoms with Crippen molar-refractivity contribution in [1.82, 2.24) is 0 Å². The number of hydrogen-bond donors (Lipinski definition) is 0. The minimum absolute atomic E-state index is 0.192. The lowest BCUT2D eigenvalue weighted by molar-refractivity contribution is -0.142. The Hall–Kier alpha value is -2.95. The van der Waals surface area contributed by atoms with E-state index in [1.807, 2.05) is 0 Å². The van der Waals surface area contributed by atoms with Gasteiger partial charge in [0.25, 0.3) is 0 Å². The molecular weight excluding hydrogens is 532 g/mol. The third-order valence-corrected chi connectivity index (χ3v) is 6.66. The van der Waals surface area contributed by atoms with E-state index in [0.29, 0.717) is 56.5 Å². The molecule has 0 radical (unpaired) electrons. The van der Waals surface area contributed by atoms with Gasteiger partial charge in [-0.25, -0.2) is 4.79 Å². The second-order valence-electron chi connectivity index (χ2n) is 9.98. The molecule has 228 valence electrons. The Morgan fingerprint density at radius 1 is 0.707 bits per heavy atom. The maximum absolute atomic E-state index is 12.7. The van der Waals surface area contributed by atoms with Crippen molar-refractivity contribution in [3.05, 3.63) is 34.2 Å². The van der Waals surface area contributed by atoms with Crippen LogP contribution < -0.4 is 15.1 Å². The molecule has 2 aromatic rings. The molecule has 3 rings (SSSR count). The second kappa shape index (κ2) is 19.2. The highest BCUT2D eigenvalue weighted by Crippen LogP contribution is 2.32. The Bertz CT molecular complexity index is 1130. The zero-order valence-corrected chi connectivity index (χ0v) is 24.2. The van der Waals surface area contributed by atoms with Crippen molar-refractivity contribution in [2.45, 2.75) is 71.1 Å². The molecule has 1 aromatic carbocycles. The fourth-order valence-corrected chi connectivity index (χ4v) is 4.39. The minimum atomic E-state index is -0.813. The SMILES string of the molecule is CCCCCCCCCCCC(=O)OCC(=O)c1cc2cc3c(cc2oc1=O)OCCOCCOCCOCCO3. The van der Waals surface area contributed by atoms with Crippen molar-refractivity contribution in [3.8, 4) is 11.5 Å². The lowest BCUT2D eigenvalue weighted by Gasteiger charge is -2.14. The van der Waals surface area contributed by atoms with Gasteiger partial charge in [0, 0.05) is 17.9 Å². The van der Waals surface area contributed by atoms with E-state index in [9.17, 15) is 14.4 Å². The van der Waals surface area contributed by atoms with Gasteiger partial charge in [-0.3, -0.25) is 9.59 Å². The zero-order valence-electron chi connectivity index (χ0n) is 24.2. The first-order chi connectivity index (χ1) is 20.1. The first-order valence-electron chi connectivity index (χ1n) is 14.9. The molecule has 0 bridgehead atoms. The molecule has 0 N–H and O–H groups in total. The van der Waals surface area contributed by atoms with Crippen LogP contribution in [0, 0.1) is 0 Å². The van der Waals surface area contributed by atoms with E-state index >= 15 is 0 Å². The third-order valence-electron chi connectivity index (χ3n) is 6.66. The summed E-state index contributed by atoms with van der Waals surface area (Å²) in [6, 6.07) is 4.61. The standard InChI is InChI=1S/C31H44O10/c1-2-3-4-5-6-7-8-9-10-11-30(33)40-23-26(32)25-20-24-21-28-29(22-27(24)41-31(25)34)39-19-17-37-15-13-35-12-14-36-16-18-38-28/h20-22H,2-19,23H2,1H3. The number of ether oxygens (including phenoxy) is 6. The van der Waals surface area contributed by atoms with Gasteiger partial charge in [0.05, 0.1) is 39.6 Å². The zero-order chi connectivity index (χ0) is 29.1. The number of fused-ring (bicyclic) bond motifs is 2. The van der Waals surface area contributed by atoms with Crippen LogP contribution in [-0.2, 0) is 23.7 Å². The molecule has 0 atom stereocenters. The van der Waals surface area contributed by atoms with E-state index in [4.69, 9.17) is 32.8 Å². The summed E-state index contributed by atoms with van der Waals surface area (Å²) in [5.41, 5.74) is -0.768. The molecule has 1 aromatic heterocycles. The van der Waals surface area contributed by atoms with Crippen LogP contribution in [0.4, 0.5) is 0 Å². The van der Waals surface area contributed by atoms with Crippen LogP contribution in [0.15, 0.2) is 27.4 Å². The van der Waals surface area contributed by atoms with Gasteiger partial charge in [0.2, 0.25) is 5.78 Å². The van der Waals surface area contributed by atoms with Gasteiger partial charge in [-0.1, -0.05) is 58.3 Å². The van der Waals surface area contributed by atoms with Crippen LogP contribution in [0.1, 0.15) is 81.5 Å². The van der Waals surface area contributed by atoms with Crippen LogP contribution >= 0.6 is 0 Å². The maximum Gasteiger partial charge on any atom is 0.347 e. The Morgan fingerprint density at radius 3 is 1.85 bits per heavy atom. The summed E-state index contributed by atoms with van der Waals surface area (Å²) < 4.78 is 38.6. The van der Waals surface area contributed by atoms with Crippen molar-refractivity contribution >= 4 is 22.7 Å². The Balaban J connectivity index is 1.54. The lowest BCUT2D eigenvalue weighted by atomic mass is 10.1. The van der Waals surface area contributed by atoms with Crippen LogP contribution in [0.2, 0.25) is 0 Å². The topological polar surface area (TPSA) is 120 Å². The van der Waals surface area contributed by atoms with E-state index < -0.39 is 24.0 Å². The number of rotatable bonds is 13. The predicted octanol–water partition coefficient (Wildman–Crippen LogP) is 5.26. The van der Waals surface area contributed by atoms with Crippen molar-refractivity contribution in [1.29, 1.82) is 0 Å². The summed E-state index contributed by atoms with van der Waals surface area (Å²) in [5, 5.41) is 0.472. The summed E-state index contributed by atoms with van der Waals surface area (Å²) in [7, 11) is 0. The molecule has 0 saturated heterocycles. The summed E-state index contributed by atoms with van der Waals surface area (Å²) in [5.74, 6) is -0.286. The molecule has 41 heavy (non-hydrogen) atoms. The van der Waals surface area contributed by atoms with E-state index in [1.165, 1.54) is 44.6 Å². The van der Waals surface area contributed by atoms with Crippen LogP contribution in [-0.4, -0.2) is 71.2 Å². The molecule has 1 aliphatic rings. The van der Waals surface area contributed by atoms with Crippen molar-refractivity contribution in [2.24, 2.45) is 0 Å². The third kappa shape index (κ3) is 12.2. The van der Waals surface area contributed by atoms with Crippen LogP contribution in [0.25, 0.3) is 11.0 Å². The normalized spacial score (nSPS) is 15.1. The molecule has 0 spiro atoms. The van der Waals surface area contributed by atoms with Gasteiger partial charge in [-0.15, -0.1) is 0 Å². The van der Waals surface area contributed by atoms with Crippen molar-refractivity contribution in [2.75, 3.05) is 59.5 Å². The average Bonchev–Trinajstić information content (AvgIpc) is 2.97. The number of hydrogen-bond acceptors (Lipinski definition) is 10. The number of benzene rings is 1. The van der Waals surface area contributed by atoms with Gasteiger partial charge in [0.1, 0.15) is 24.4 Å². The maximum atomic E-state index is 12.7. The summed E-state index contributed by atoms with van der Waals surface area (Å²) >= 11 is 0. The number of carbonyl (C=O) groups is 2. The molecule has 2 heterocycles.